The van der Waals surface area contributed by atoms with E-state index in [9.17, 15) is 13.2 Å². The molecule has 0 unspecified atom stereocenters. The summed E-state index contributed by atoms with van der Waals surface area (Å²) in [4.78, 5) is 12.5. The molecule has 0 bridgehead atoms. The van der Waals surface area contributed by atoms with Gasteiger partial charge in [-0.15, -0.1) is 11.3 Å². The molecule has 0 saturated carbocycles. The molecule has 0 aliphatic carbocycles. The SMILES string of the molecule is O=C(Nc1ccccc1)[C@@H]1CCCN1S(=O)(=O)c1ccc(Cl)s1. The maximum atomic E-state index is 12.7. The standard InChI is InChI=1S/C15H15ClN2O3S2/c16-13-8-9-14(22-13)23(20,21)18-10-4-7-12(18)15(19)17-11-5-2-1-3-6-11/h1-3,5-6,8-9,12H,4,7,10H2,(H,17,19)/t12-/m0/s1. The molecule has 1 aliphatic heterocycles. The fraction of sp³-hybridized carbons (Fsp3) is 0.267. The number of amides is 1. The van der Waals surface area contributed by atoms with Crippen LogP contribution < -0.4 is 5.32 Å². The van der Waals surface area contributed by atoms with Crippen molar-refractivity contribution in [3.8, 4) is 0 Å². The van der Waals surface area contributed by atoms with Gasteiger partial charge in [-0.3, -0.25) is 4.79 Å². The van der Waals surface area contributed by atoms with E-state index in [1.165, 1.54) is 10.4 Å². The molecule has 122 valence electrons. The topological polar surface area (TPSA) is 66.5 Å². The maximum Gasteiger partial charge on any atom is 0.253 e. The second-order valence-electron chi connectivity index (χ2n) is 5.19. The number of rotatable bonds is 4. The van der Waals surface area contributed by atoms with E-state index in [1.807, 2.05) is 18.2 Å². The van der Waals surface area contributed by atoms with Crippen molar-refractivity contribution in [2.45, 2.75) is 23.1 Å². The van der Waals surface area contributed by atoms with Gasteiger partial charge >= 0.3 is 0 Å². The zero-order valence-corrected chi connectivity index (χ0v) is 14.5. The Morgan fingerprint density at radius 2 is 1.96 bits per heavy atom. The van der Waals surface area contributed by atoms with Gasteiger partial charge in [-0.2, -0.15) is 4.31 Å². The first-order valence-corrected chi connectivity index (χ1v) is 9.75. The molecule has 1 fully saturated rings. The van der Waals surface area contributed by atoms with E-state index < -0.39 is 16.1 Å². The summed E-state index contributed by atoms with van der Waals surface area (Å²) in [7, 11) is -3.70. The predicted molar refractivity (Wildman–Crippen MR) is 91.3 cm³/mol. The van der Waals surface area contributed by atoms with Gasteiger partial charge in [0.25, 0.3) is 10.0 Å². The van der Waals surface area contributed by atoms with E-state index in [2.05, 4.69) is 5.32 Å². The first-order chi connectivity index (χ1) is 11.0. The number of nitrogens with one attached hydrogen (secondary N) is 1. The summed E-state index contributed by atoms with van der Waals surface area (Å²) in [6.45, 7) is 0.338. The molecule has 1 aromatic carbocycles. The first kappa shape index (κ1) is 16.4. The molecular formula is C15H15ClN2O3S2. The highest BCUT2D eigenvalue weighted by Gasteiger charge is 2.40. The molecule has 5 nitrogen and oxygen atoms in total. The van der Waals surface area contributed by atoms with E-state index in [-0.39, 0.29) is 10.1 Å². The highest BCUT2D eigenvalue weighted by Crippen LogP contribution is 2.32. The molecule has 8 heteroatoms. The van der Waals surface area contributed by atoms with Crippen molar-refractivity contribution in [1.29, 1.82) is 0 Å². The Bertz CT molecular complexity index is 805. The second kappa shape index (κ2) is 6.60. The van der Waals surface area contributed by atoms with Crippen LogP contribution in [0.15, 0.2) is 46.7 Å². The molecule has 2 heterocycles. The molecule has 1 N–H and O–H groups in total. The van der Waals surface area contributed by atoms with Crippen molar-refractivity contribution in [2.75, 3.05) is 11.9 Å². The lowest BCUT2D eigenvalue weighted by molar-refractivity contribution is -0.119. The average Bonchev–Trinajstić information content (AvgIpc) is 3.17. The van der Waals surface area contributed by atoms with Gasteiger partial charge in [0.05, 0.1) is 4.34 Å². The highest BCUT2D eigenvalue weighted by atomic mass is 35.5. The lowest BCUT2D eigenvalue weighted by Crippen LogP contribution is -2.42. The summed E-state index contributed by atoms with van der Waals surface area (Å²) in [5, 5.41) is 2.77. The number of carbonyl (C=O) groups is 1. The van der Waals surface area contributed by atoms with Crippen molar-refractivity contribution < 1.29 is 13.2 Å². The third-order valence-electron chi connectivity index (χ3n) is 3.66. The van der Waals surface area contributed by atoms with Crippen LogP contribution in [-0.4, -0.2) is 31.2 Å². The van der Waals surface area contributed by atoms with Crippen LogP contribution in [0.4, 0.5) is 5.69 Å². The number of carbonyl (C=O) groups excluding carboxylic acids is 1. The summed E-state index contributed by atoms with van der Waals surface area (Å²) >= 11 is 6.84. The van der Waals surface area contributed by atoms with E-state index in [0.29, 0.717) is 29.4 Å². The van der Waals surface area contributed by atoms with E-state index in [1.54, 1.807) is 18.2 Å². The lowest BCUT2D eigenvalue weighted by Gasteiger charge is -2.22. The number of halogens is 1. The van der Waals surface area contributed by atoms with Gasteiger partial charge in [0.2, 0.25) is 5.91 Å². The number of nitrogens with zero attached hydrogens (tertiary/aromatic N) is 1. The zero-order valence-electron chi connectivity index (χ0n) is 12.1. The Morgan fingerprint density at radius 1 is 1.22 bits per heavy atom. The Balaban J connectivity index is 1.81. The minimum absolute atomic E-state index is 0.168. The molecule has 1 aromatic heterocycles. The van der Waals surface area contributed by atoms with Gasteiger partial charge in [-0.25, -0.2) is 8.42 Å². The molecule has 0 spiro atoms. The van der Waals surface area contributed by atoms with Gasteiger partial charge < -0.3 is 5.32 Å². The maximum absolute atomic E-state index is 12.7. The quantitative estimate of drug-likeness (QED) is 0.898. The molecule has 3 rings (SSSR count). The fourth-order valence-corrected chi connectivity index (χ4v) is 5.86. The van der Waals surface area contributed by atoms with Crippen LogP contribution in [0.1, 0.15) is 12.8 Å². The minimum atomic E-state index is -3.70. The second-order valence-corrected chi connectivity index (χ2v) is 9.02. The van der Waals surface area contributed by atoms with E-state index >= 15 is 0 Å². The van der Waals surface area contributed by atoms with Crippen LogP contribution in [0.3, 0.4) is 0 Å². The summed E-state index contributed by atoms with van der Waals surface area (Å²) in [6, 6.07) is 11.3. The van der Waals surface area contributed by atoms with Gasteiger partial charge in [0, 0.05) is 12.2 Å². The van der Waals surface area contributed by atoms with Crippen molar-refractivity contribution in [3.05, 3.63) is 46.8 Å². The van der Waals surface area contributed by atoms with Crippen LogP contribution in [0, 0.1) is 0 Å². The predicted octanol–water partition coefficient (Wildman–Crippen LogP) is 3.19. The van der Waals surface area contributed by atoms with Crippen LogP contribution >= 0.6 is 22.9 Å². The summed E-state index contributed by atoms with van der Waals surface area (Å²) in [5.74, 6) is -0.306. The summed E-state index contributed by atoms with van der Waals surface area (Å²) in [5.41, 5.74) is 0.654. The normalized spacial score (nSPS) is 18.9. The number of hydrogen-bond acceptors (Lipinski definition) is 4. The summed E-state index contributed by atoms with van der Waals surface area (Å²) in [6.07, 6.45) is 1.17. The zero-order chi connectivity index (χ0) is 16.4. The van der Waals surface area contributed by atoms with E-state index in [0.717, 1.165) is 11.3 Å². The van der Waals surface area contributed by atoms with Crippen LogP contribution in [0.5, 0.6) is 0 Å². The molecular weight excluding hydrogens is 356 g/mol. The smallest absolute Gasteiger partial charge is 0.253 e. The average molecular weight is 371 g/mol. The monoisotopic (exact) mass is 370 g/mol. The van der Waals surface area contributed by atoms with Crippen molar-refractivity contribution >= 4 is 44.6 Å². The largest absolute Gasteiger partial charge is 0.325 e. The molecule has 1 saturated heterocycles. The number of thiophene rings is 1. The fourth-order valence-electron chi connectivity index (χ4n) is 2.59. The Morgan fingerprint density at radius 3 is 2.61 bits per heavy atom. The Labute approximate surface area is 143 Å². The lowest BCUT2D eigenvalue weighted by atomic mass is 10.2. The van der Waals surface area contributed by atoms with E-state index in [4.69, 9.17) is 11.6 Å². The van der Waals surface area contributed by atoms with Crippen molar-refractivity contribution in [3.63, 3.8) is 0 Å². The molecule has 1 amide bonds. The molecule has 2 aromatic rings. The Kier molecular flexibility index (Phi) is 4.72. The molecule has 23 heavy (non-hydrogen) atoms. The molecule has 1 atom stereocenters. The molecule has 1 aliphatic rings. The minimum Gasteiger partial charge on any atom is -0.325 e. The highest BCUT2D eigenvalue weighted by molar-refractivity contribution is 7.91. The third kappa shape index (κ3) is 3.42. The van der Waals surface area contributed by atoms with Crippen LogP contribution in [0.25, 0.3) is 0 Å². The van der Waals surface area contributed by atoms with Crippen LogP contribution in [0.2, 0.25) is 4.34 Å². The first-order valence-electron chi connectivity index (χ1n) is 7.11. The van der Waals surface area contributed by atoms with Gasteiger partial charge in [0.1, 0.15) is 10.3 Å². The van der Waals surface area contributed by atoms with Crippen molar-refractivity contribution in [1.82, 2.24) is 4.31 Å². The van der Waals surface area contributed by atoms with Gasteiger partial charge in [-0.1, -0.05) is 29.8 Å². The Hall–Kier alpha value is -1.41. The number of anilines is 1. The van der Waals surface area contributed by atoms with Gasteiger partial charge in [-0.05, 0) is 37.1 Å². The number of para-hydroxylation sites is 1. The van der Waals surface area contributed by atoms with Crippen LogP contribution in [-0.2, 0) is 14.8 Å². The van der Waals surface area contributed by atoms with Crippen molar-refractivity contribution in [2.24, 2.45) is 0 Å². The third-order valence-corrected chi connectivity index (χ3v) is 7.27. The number of benzene rings is 1. The van der Waals surface area contributed by atoms with Gasteiger partial charge in [0.15, 0.2) is 0 Å². The number of sulfonamides is 1. The summed E-state index contributed by atoms with van der Waals surface area (Å²) < 4.78 is 27.3. The molecule has 0 radical (unpaired) electrons. The number of hydrogen-bond donors (Lipinski definition) is 1.